The van der Waals surface area contributed by atoms with Crippen LogP contribution in [0.1, 0.15) is 31.4 Å². The predicted molar refractivity (Wildman–Crippen MR) is 153 cm³/mol. The van der Waals surface area contributed by atoms with Gasteiger partial charge in [-0.3, -0.25) is 24.4 Å². The van der Waals surface area contributed by atoms with Gasteiger partial charge in [0.2, 0.25) is 11.8 Å². The monoisotopic (exact) mass is 553 g/mol. The van der Waals surface area contributed by atoms with E-state index in [9.17, 15) is 14.7 Å². The minimum atomic E-state index is -0.310. The highest BCUT2D eigenvalue weighted by molar-refractivity contribution is 5.91. The molecule has 4 rings (SSSR count). The second kappa shape index (κ2) is 14.5. The van der Waals surface area contributed by atoms with Gasteiger partial charge in [0, 0.05) is 75.3 Å². The molecule has 0 aliphatic carbocycles. The van der Waals surface area contributed by atoms with Gasteiger partial charge in [-0.1, -0.05) is 6.92 Å². The number of aromatic nitrogens is 1. The topological polar surface area (TPSA) is 107 Å². The fourth-order valence-electron chi connectivity index (χ4n) is 5.20. The van der Waals surface area contributed by atoms with Gasteiger partial charge in [-0.15, -0.1) is 0 Å². The number of pyridine rings is 1. The molecule has 3 atom stereocenters. The molecule has 1 aromatic carbocycles. The number of amides is 2. The largest absolute Gasteiger partial charge is 0.488 e. The number of likely N-dealkylation sites (N-methyl/N-ethyl adjacent to an activating group) is 1. The second-order valence-corrected chi connectivity index (χ2v) is 11.0. The van der Waals surface area contributed by atoms with Gasteiger partial charge in [0.1, 0.15) is 11.9 Å². The van der Waals surface area contributed by atoms with Crippen LogP contribution in [0, 0.1) is 5.92 Å². The third-order valence-corrected chi connectivity index (χ3v) is 7.65. The normalized spacial score (nSPS) is 21.1. The minimum absolute atomic E-state index is 0.0170. The lowest BCUT2D eigenvalue weighted by molar-refractivity contribution is -0.134. The zero-order valence-corrected chi connectivity index (χ0v) is 23.9. The maximum absolute atomic E-state index is 13.4. The van der Waals surface area contributed by atoms with Gasteiger partial charge in [0.15, 0.2) is 0 Å². The van der Waals surface area contributed by atoms with Crippen LogP contribution < -0.4 is 10.1 Å². The molecule has 0 bridgehead atoms. The fourth-order valence-corrected chi connectivity index (χ4v) is 5.20. The number of rotatable bonds is 10. The van der Waals surface area contributed by atoms with Crippen molar-refractivity contribution in [3.63, 3.8) is 0 Å². The Morgan fingerprint density at radius 3 is 2.70 bits per heavy atom. The molecule has 0 unspecified atom stereocenters. The van der Waals surface area contributed by atoms with Crippen LogP contribution >= 0.6 is 0 Å². The summed E-state index contributed by atoms with van der Waals surface area (Å²) in [5, 5.41) is 12.9. The lowest BCUT2D eigenvalue weighted by Crippen LogP contribution is -2.47. The molecule has 2 aliphatic rings. The van der Waals surface area contributed by atoms with Crippen molar-refractivity contribution in [1.29, 1.82) is 0 Å². The summed E-state index contributed by atoms with van der Waals surface area (Å²) in [5.41, 5.74) is 2.53. The zero-order chi connectivity index (χ0) is 28.5. The summed E-state index contributed by atoms with van der Waals surface area (Å²) in [6.45, 7) is 9.47. The van der Waals surface area contributed by atoms with Crippen LogP contribution in [-0.4, -0.2) is 108 Å². The standard InChI is InChI=1S/C30H43N5O5/c1-22-18-35(23(2)21-36)30(38)17-25-16-26(32-29(37)8-11-34-12-14-39-15-13-34)4-5-27(25)40-28(22)20-33(3)19-24-6-9-31-10-7-24/h4-7,9-10,16,22-23,28,36H,8,11-15,17-21H2,1-3H3,(H,32,37)/t22-,23+,28-/m0/s1. The number of morpholine rings is 1. The number of nitrogens with zero attached hydrogens (tertiary/aromatic N) is 4. The smallest absolute Gasteiger partial charge is 0.227 e. The van der Waals surface area contributed by atoms with Crippen molar-refractivity contribution in [2.24, 2.45) is 5.92 Å². The molecule has 10 nitrogen and oxygen atoms in total. The van der Waals surface area contributed by atoms with Crippen LogP contribution in [0.25, 0.3) is 0 Å². The number of carbonyl (C=O) groups excluding carboxylic acids is 2. The van der Waals surface area contributed by atoms with Crippen molar-refractivity contribution in [1.82, 2.24) is 19.7 Å². The summed E-state index contributed by atoms with van der Waals surface area (Å²) < 4.78 is 12.0. The number of carbonyl (C=O) groups is 2. The molecule has 2 N–H and O–H groups in total. The Morgan fingerprint density at radius 1 is 1.23 bits per heavy atom. The molecule has 0 spiro atoms. The molecule has 1 aromatic heterocycles. The van der Waals surface area contributed by atoms with Gasteiger partial charge >= 0.3 is 0 Å². The molecule has 1 fully saturated rings. The van der Waals surface area contributed by atoms with Gasteiger partial charge in [-0.2, -0.15) is 0 Å². The molecule has 40 heavy (non-hydrogen) atoms. The Hall–Kier alpha value is -3.05. The molecular formula is C30H43N5O5. The maximum Gasteiger partial charge on any atom is 0.227 e. The van der Waals surface area contributed by atoms with Crippen molar-refractivity contribution in [3.05, 3.63) is 53.9 Å². The number of anilines is 1. The molecule has 2 aliphatic heterocycles. The Labute approximate surface area is 237 Å². The average Bonchev–Trinajstić information content (AvgIpc) is 3.00. The van der Waals surface area contributed by atoms with Gasteiger partial charge in [-0.25, -0.2) is 0 Å². The fraction of sp³-hybridized carbons (Fsp3) is 0.567. The third kappa shape index (κ3) is 8.47. The number of ether oxygens (including phenoxy) is 2. The van der Waals surface area contributed by atoms with Crippen LogP contribution in [0.2, 0.25) is 0 Å². The van der Waals surface area contributed by atoms with Gasteiger partial charge in [0.05, 0.1) is 32.3 Å². The molecule has 10 heteroatoms. The van der Waals surface area contributed by atoms with Crippen LogP contribution in [0.5, 0.6) is 5.75 Å². The Balaban J connectivity index is 1.50. The van der Waals surface area contributed by atoms with Gasteiger partial charge < -0.3 is 24.8 Å². The van der Waals surface area contributed by atoms with E-state index in [-0.39, 0.29) is 42.9 Å². The van der Waals surface area contributed by atoms with Crippen molar-refractivity contribution in [2.45, 2.75) is 45.4 Å². The first-order chi connectivity index (χ1) is 19.3. The highest BCUT2D eigenvalue weighted by Crippen LogP contribution is 2.29. The quantitative estimate of drug-likeness (QED) is 0.460. The summed E-state index contributed by atoms with van der Waals surface area (Å²) in [6, 6.07) is 9.22. The first kappa shape index (κ1) is 29.9. The summed E-state index contributed by atoms with van der Waals surface area (Å²) >= 11 is 0. The Kier molecular flexibility index (Phi) is 10.9. The van der Waals surface area contributed by atoms with Crippen LogP contribution in [0.15, 0.2) is 42.7 Å². The van der Waals surface area contributed by atoms with Crippen molar-refractivity contribution < 1.29 is 24.2 Å². The van der Waals surface area contributed by atoms with E-state index in [4.69, 9.17) is 9.47 Å². The average molecular weight is 554 g/mol. The number of hydrogen-bond donors (Lipinski definition) is 2. The molecule has 2 aromatic rings. The molecule has 0 saturated carbocycles. The molecule has 1 saturated heterocycles. The minimum Gasteiger partial charge on any atom is -0.488 e. The van der Waals surface area contributed by atoms with Gasteiger partial charge in [0.25, 0.3) is 0 Å². The van der Waals surface area contributed by atoms with Gasteiger partial charge in [-0.05, 0) is 49.9 Å². The number of benzene rings is 1. The number of aliphatic hydroxyl groups excluding tert-OH is 1. The number of nitrogens with one attached hydrogen (secondary N) is 1. The Morgan fingerprint density at radius 2 is 1.98 bits per heavy atom. The third-order valence-electron chi connectivity index (χ3n) is 7.65. The van der Waals surface area contributed by atoms with E-state index in [1.165, 1.54) is 0 Å². The van der Waals surface area contributed by atoms with E-state index in [0.29, 0.717) is 50.7 Å². The molecule has 0 radical (unpaired) electrons. The lowest BCUT2D eigenvalue weighted by atomic mass is 10.0. The van der Waals surface area contributed by atoms with E-state index in [2.05, 4.69) is 34.1 Å². The summed E-state index contributed by atoms with van der Waals surface area (Å²) in [6.07, 6.45) is 3.90. The van der Waals surface area contributed by atoms with Crippen molar-refractivity contribution in [3.8, 4) is 5.75 Å². The van der Waals surface area contributed by atoms with E-state index in [1.807, 2.05) is 37.3 Å². The summed E-state index contributed by atoms with van der Waals surface area (Å²) in [7, 11) is 2.05. The lowest BCUT2D eigenvalue weighted by Gasteiger charge is -2.34. The zero-order valence-electron chi connectivity index (χ0n) is 23.9. The van der Waals surface area contributed by atoms with Crippen molar-refractivity contribution >= 4 is 17.5 Å². The van der Waals surface area contributed by atoms with Crippen LogP contribution in [0.3, 0.4) is 0 Å². The van der Waals surface area contributed by atoms with Crippen LogP contribution in [0.4, 0.5) is 5.69 Å². The number of aliphatic hydroxyl groups is 1. The summed E-state index contributed by atoms with van der Waals surface area (Å²) in [4.78, 5) is 36.4. The Bertz CT molecular complexity index is 1110. The van der Waals surface area contributed by atoms with E-state index >= 15 is 0 Å². The first-order valence-corrected chi connectivity index (χ1v) is 14.2. The van der Waals surface area contributed by atoms with E-state index in [0.717, 1.165) is 30.8 Å². The first-order valence-electron chi connectivity index (χ1n) is 14.2. The van der Waals surface area contributed by atoms with E-state index in [1.54, 1.807) is 17.3 Å². The van der Waals surface area contributed by atoms with E-state index < -0.39 is 0 Å². The molecule has 3 heterocycles. The number of fused-ring (bicyclic) bond motifs is 1. The SMILES string of the molecule is C[C@H](CO)N1C[C@H](C)[C@H](CN(C)Cc2ccncc2)Oc2ccc(NC(=O)CCN3CCOCC3)cc2CC1=O. The molecule has 2 amide bonds. The predicted octanol–water partition coefficient (Wildman–Crippen LogP) is 2.02. The highest BCUT2D eigenvalue weighted by Gasteiger charge is 2.31. The summed E-state index contributed by atoms with van der Waals surface area (Å²) in [5.74, 6) is 0.525. The molecule has 218 valence electrons. The van der Waals surface area contributed by atoms with Crippen LogP contribution in [-0.2, 0) is 27.3 Å². The number of hydrogen-bond acceptors (Lipinski definition) is 8. The highest BCUT2D eigenvalue weighted by atomic mass is 16.5. The maximum atomic E-state index is 13.4. The molecular weight excluding hydrogens is 510 g/mol. The second-order valence-electron chi connectivity index (χ2n) is 11.0. The van der Waals surface area contributed by atoms with Crippen molar-refractivity contribution in [2.75, 3.05) is 64.9 Å².